The van der Waals surface area contributed by atoms with Crippen molar-refractivity contribution >= 4 is 21.6 Å². The molecule has 2 aliphatic carbocycles. The van der Waals surface area contributed by atoms with E-state index in [1.165, 1.54) is 45.1 Å². The summed E-state index contributed by atoms with van der Waals surface area (Å²) in [6, 6.07) is 17.6. The predicted molar refractivity (Wildman–Crippen MR) is 162 cm³/mol. The lowest BCUT2D eigenvalue weighted by Gasteiger charge is -2.38. The molecule has 0 radical (unpaired) electrons. The van der Waals surface area contributed by atoms with Gasteiger partial charge in [0.15, 0.2) is 0 Å². The second-order valence-electron chi connectivity index (χ2n) is 11.6. The van der Waals surface area contributed by atoms with Crippen LogP contribution in [-0.2, 0) is 16.8 Å². The quantitative estimate of drug-likeness (QED) is 0.400. The first-order valence-corrected chi connectivity index (χ1v) is 16.1. The normalized spacial score (nSPS) is 19.8. The number of hydrogen-bond acceptors (Lipinski definition) is 4. The molecule has 2 aromatic carbocycles. The van der Waals surface area contributed by atoms with Gasteiger partial charge >= 0.3 is 10.3 Å². The monoisotopic (exact) mass is 553 g/mol. The van der Waals surface area contributed by atoms with Crippen molar-refractivity contribution in [1.29, 1.82) is 0 Å². The van der Waals surface area contributed by atoms with Gasteiger partial charge in [-0.25, -0.2) is 0 Å². The summed E-state index contributed by atoms with van der Waals surface area (Å²) in [5, 5.41) is 0. The van der Waals surface area contributed by atoms with Crippen LogP contribution in [0.15, 0.2) is 54.6 Å². The third kappa shape index (κ3) is 7.94. The van der Waals surface area contributed by atoms with Crippen LogP contribution < -0.4 is 4.90 Å². The predicted octanol–water partition coefficient (Wildman–Crippen LogP) is 6.78. The lowest BCUT2D eigenvalue weighted by Crippen LogP contribution is -2.48. The molecule has 5 rings (SSSR count). The lowest BCUT2D eigenvalue weighted by atomic mass is 9.91. The molecule has 1 N–H and O–H groups in total. The minimum absolute atomic E-state index is 0.0434. The van der Waals surface area contributed by atoms with Crippen LogP contribution in [-0.4, -0.2) is 61.9 Å². The molecule has 0 amide bonds. The van der Waals surface area contributed by atoms with Crippen LogP contribution in [0, 0.1) is 0 Å². The van der Waals surface area contributed by atoms with Gasteiger partial charge < -0.3 is 9.80 Å². The average Bonchev–Trinajstić information content (AvgIpc) is 3.04. The highest BCUT2D eigenvalue weighted by Crippen LogP contribution is 2.37. The van der Waals surface area contributed by atoms with E-state index < -0.39 is 10.3 Å². The molecule has 0 atom stereocenters. The van der Waals surface area contributed by atoms with E-state index in [0.29, 0.717) is 0 Å². The van der Waals surface area contributed by atoms with Crippen LogP contribution >= 0.6 is 0 Å². The van der Waals surface area contributed by atoms with Gasteiger partial charge in [-0.2, -0.15) is 12.7 Å². The van der Waals surface area contributed by atoms with E-state index in [-0.39, 0.29) is 12.1 Å². The Balaban J connectivity index is 0.000000187. The van der Waals surface area contributed by atoms with Crippen LogP contribution in [0.2, 0.25) is 0 Å². The Kier molecular flexibility index (Phi) is 10.6. The van der Waals surface area contributed by atoms with Gasteiger partial charge in [-0.3, -0.25) is 4.55 Å². The van der Waals surface area contributed by atoms with Gasteiger partial charge in [0, 0.05) is 43.5 Å². The maximum atomic E-state index is 11.6. The van der Waals surface area contributed by atoms with Gasteiger partial charge in [-0.05, 0) is 69.0 Å². The highest BCUT2D eigenvalue weighted by atomic mass is 32.2. The molecule has 1 aliphatic heterocycles. The summed E-state index contributed by atoms with van der Waals surface area (Å²) in [4.78, 5) is 4.58. The molecule has 6 nitrogen and oxygen atoms in total. The summed E-state index contributed by atoms with van der Waals surface area (Å²) in [5.41, 5.74) is 6.80. The maximum absolute atomic E-state index is 11.6. The third-order valence-electron chi connectivity index (χ3n) is 8.38. The summed E-state index contributed by atoms with van der Waals surface area (Å²) in [5.74, 6) is 0. The van der Waals surface area contributed by atoms with Crippen molar-refractivity contribution < 1.29 is 13.0 Å². The molecule has 2 saturated carbocycles. The van der Waals surface area contributed by atoms with Crippen molar-refractivity contribution in [2.75, 3.05) is 32.6 Å². The molecule has 3 aliphatic rings. The third-order valence-corrected chi connectivity index (χ3v) is 9.51. The summed E-state index contributed by atoms with van der Waals surface area (Å²) >= 11 is 0. The molecule has 2 aromatic rings. The summed E-state index contributed by atoms with van der Waals surface area (Å²) in [6.07, 6.45) is 13.9. The van der Waals surface area contributed by atoms with Crippen molar-refractivity contribution in [1.82, 2.24) is 9.21 Å². The molecular weight excluding hydrogens is 506 g/mol. The Morgan fingerprint density at radius 2 is 1.38 bits per heavy atom. The van der Waals surface area contributed by atoms with E-state index in [1.807, 2.05) is 0 Å². The Bertz CT molecular complexity index is 1180. The van der Waals surface area contributed by atoms with Gasteiger partial charge in [-0.1, -0.05) is 87.1 Å². The van der Waals surface area contributed by atoms with Crippen LogP contribution in [0.4, 0.5) is 5.69 Å². The minimum atomic E-state index is -4.03. The fourth-order valence-electron chi connectivity index (χ4n) is 6.47. The number of rotatable bonds is 6. The number of anilines is 1. The second kappa shape index (κ2) is 13.9. The van der Waals surface area contributed by atoms with E-state index in [0.717, 1.165) is 70.9 Å². The molecule has 1 heterocycles. The molecule has 0 spiro atoms. The van der Waals surface area contributed by atoms with Crippen molar-refractivity contribution in [3.05, 3.63) is 71.3 Å². The van der Waals surface area contributed by atoms with E-state index >= 15 is 0 Å². The number of hydrogen-bond donors (Lipinski definition) is 1. The Morgan fingerprint density at radius 3 is 1.95 bits per heavy atom. The van der Waals surface area contributed by atoms with Crippen LogP contribution in [0.1, 0.15) is 87.3 Å². The Hall–Kier alpha value is -2.19. The Morgan fingerprint density at radius 1 is 0.846 bits per heavy atom. The first-order chi connectivity index (χ1) is 18.8. The number of para-hydroxylation sites is 1. The van der Waals surface area contributed by atoms with E-state index in [2.05, 4.69) is 85.5 Å². The second-order valence-corrected chi connectivity index (χ2v) is 12.9. The van der Waals surface area contributed by atoms with Crippen molar-refractivity contribution in [2.24, 2.45) is 0 Å². The minimum Gasteiger partial charge on any atom is -0.370 e. The molecule has 39 heavy (non-hydrogen) atoms. The summed E-state index contributed by atoms with van der Waals surface area (Å²) < 4.78 is 34.1. The summed E-state index contributed by atoms with van der Waals surface area (Å²) in [6.45, 7) is 2.03. The van der Waals surface area contributed by atoms with Crippen LogP contribution in [0.3, 0.4) is 0 Å². The lowest BCUT2D eigenvalue weighted by molar-refractivity contribution is 0.156. The van der Waals surface area contributed by atoms with Gasteiger partial charge in [0.2, 0.25) is 0 Å². The van der Waals surface area contributed by atoms with Crippen LogP contribution in [0.5, 0.6) is 0 Å². The van der Waals surface area contributed by atoms with Gasteiger partial charge in [0.05, 0.1) is 0 Å². The smallest absolute Gasteiger partial charge is 0.336 e. The first-order valence-electron chi connectivity index (χ1n) is 14.8. The standard InChI is InChI=1S/C20H24N2.C12H23NO3S/c1-21(2)14-8-12-18-17-10-5-4-9-16(17)15-22(3)20-13-7-6-11-19(18)20;14-17(15,16)13(11-7-3-1-4-8-11)12-9-5-2-6-10-12/h4-7,9-13H,8,14-15H2,1-3H3;11-12H,1-10H2,(H,14,15,16)/b18-12-;. The molecule has 2 fully saturated rings. The van der Waals surface area contributed by atoms with E-state index in [9.17, 15) is 13.0 Å². The fourth-order valence-corrected chi connectivity index (χ4v) is 7.65. The topological polar surface area (TPSA) is 64.1 Å². The Labute approximate surface area is 236 Å². The number of fused-ring (bicyclic) bond motifs is 2. The van der Waals surface area contributed by atoms with Gasteiger partial charge in [0.25, 0.3) is 0 Å². The molecule has 0 bridgehead atoms. The highest BCUT2D eigenvalue weighted by Gasteiger charge is 2.36. The average molecular weight is 554 g/mol. The zero-order valence-corrected chi connectivity index (χ0v) is 24.9. The highest BCUT2D eigenvalue weighted by molar-refractivity contribution is 7.83. The summed E-state index contributed by atoms with van der Waals surface area (Å²) in [7, 11) is 2.40. The first kappa shape index (κ1) is 29.8. The molecule has 0 saturated heterocycles. The maximum Gasteiger partial charge on any atom is 0.336 e. The van der Waals surface area contributed by atoms with Gasteiger partial charge in [0.1, 0.15) is 0 Å². The van der Waals surface area contributed by atoms with E-state index in [1.54, 1.807) is 0 Å². The van der Waals surface area contributed by atoms with Crippen LogP contribution in [0.25, 0.3) is 5.57 Å². The SMILES string of the molecule is CN(C)CC/C=C1/c2ccccc2CN(C)c2ccccc21.O=S(=O)(O)N(C1CCCCC1)C1CCCCC1. The van der Waals surface area contributed by atoms with Gasteiger partial charge in [-0.15, -0.1) is 0 Å². The largest absolute Gasteiger partial charge is 0.370 e. The van der Waals surface area contributed by atoms with E-state index in [4.69, 9.17) is 0 Å². The zero-order chi connectivity index (χ0) is 27.8. The van der Waals surface area contributed by atoms with Crippen molar-refractivity contribution in [3.8, 4) is 0 Å². The van der Waals surface area contributed by atoms with Crippen molar-refractivity contribution in [3.63, 3.8) is 0 Å². The molecular formula is C32H47N3O3S. The number of benzene rings is 2. The molecule has 0 aromatic heterocycles. The van der Waals surface area contributed by atoms with Crippen molar-refractivity contribution in [2.45, 2.75) is 89.3 Å². The molecule has 0 unspecified atom stereocenters. The molecule has 7 heteroatoms. The molecule has 214 valence electrons. The number of nitrogens with zero attached hydrogens (tertiary/aromatic N) is 3. The fraction of sp³-hybridized carbons (Fsp3) is 0.562. The zero-order valence-electron chi connectivity index (χ0n) is 24.1.